The van der Waals surface area contributed by atoms with Crippen molar-refractivity contribution in [2.75, 3.05) is 25.9 Å². The molecule has 112 valence electrons. The standard InChI is InChI=1S/C10H21N3O5S/c1-8(3-4-9(14)15)7-13-10(16)12-5-6-19(17,18)11-2/h8,11H,3-7H2,1-2H3,(H,14,15)(H2,12,13,16). The molecule has 1 unspecified atom stereocenters. The maximum absolute atomic E-state index is 11.3. The molecular formula is C10H21N3O5S. The largest absolute Gasteiger partial charge is 0.481 e. The molecule has 8 nitrogen and oxygen atoms in total. The molecule has 2 amide bonds. The van der Waals surface area contributed by atoms with Crippen LogP contribution in [-0.2, 0) is 14.8 Å². The number of rotatable bonds is 9. The van der Waals surface area contributed by atoms with E-state index in [0.717, 1.165) is 0 Å². The lowest BCUT2D eigenvalue weighted by Crippen LogP contribution is -2.40. The number of carboxylic acids is 1. The molecule has 0 aliphatic heterocycles. The predicted molar refractivity (Wildman–Crippen MR) is 70.3 cm³/mol. The van der Waals surface area contributed by atoms with Crippen LogP contribution in [-0.4, -0.2) is 51.4 Å². The van der Waals surface area contributed by atoms with E-state index in [9.17, 15) is 18.0 Å². The van der Waals surface area contributed by atoms with E-state index in [-0.39, 0.29) is 24.6 Å². The Labute approximate surface area is 113 Å². The molecule has 9 heteroatoms. The number of carbonyl (C=O) groups is 2. The van der Waals surface area contributed by atoms with Crippen molar-refractivity contribution in [3.8, 4) is 0 Å². The van der Waals surface area contributed by atoms with Crippen molar-refractivity contribution >= 4 is 22.0 Å². The molecule has 0 aliphatic carbocycles. The molecule has 0 saturated carbocycles. The second-order valence-electron chi connectivity index (χ2n) is 4.20. The van der Waals surface area contributed by atoms with Crippen LogP contribution < -0.4 is 15.4 Å². The summed E-state index contributed by atoms with van der Waals surface area (Å²) in [5.74, 6) is -1.01. The summed E-state index contributed by atoms with van der Waals surface area (Å²) in [6.45, 7) is 2.19. The van der Waals surface area contributed by atoms with Gasteiger partial charge >= 0.3 is 12.0 Å². The SMILES string of the molecule is CNS(=O)(=O)CCNC(=O)NCC(C)CCC(=O)O. The van der Waals surface area contributed by atoms with Gasteiger partial charge in [0.1, 0.15) is 0 Å². The van der Waals surface area contributed by atoms with Crippen LogP contribution in [0.1, 0.15) is 19.8 Å². The Morgan fingerprint density at radius 1 is 1.26 bits per heavy atom. The first-order chi connectivity index (χ1) is 8.76. The topological polar surface area (TPSA) is 125 Å². The van der Waals surface area contributed by atoms with Crippen molar-refractivity contribution in [1.29, 1.82) is 0 Å². The first-order valence-electron chi connectivity index (χ1n) is 5.91. The van der Waals surface area contributed by atoms with Crippen LogP contribution in [0.15, 0.2) is 0 Å². The van der Waals surface area contributed by atoms with Crippen LogP contribution in [0.5, 0.6) is 0 Å². The fraction of sp³-hybridized carbons (Fsp3) is 0.800. The molecule has 4 N–H and O–H groups in total. The average molecular weight is 295 g/mol. The van der Waals surface area contributed by atoms with Crippen LogP contribution in [0.3, 0.4) is 0 Å². The monoisotopic (exact) mass is 295 g/mol. The molecule has 0 aromatic carbocycles. The number of urea groups is 1. The highest BCUT2D eigenvalue weighted by molar-refractivity contribution is 7.89. The normalized spacial score (nSPS) is 12.7. The molecule has 0 heterocycles. The van der Waals surface area contributed by atoms with Gasteiger partial charge in [-0.2, -0.15) is 0 Å². The smallest absolute Gasteiger partial charge is 0.314 e. The van der Waals surface area contributed by atoms with Gasteiger partial charge in [0.25, 0.3) is 0 Å². The number of sulfonamides is 1. The van der Waals surface area contributed by atoms with Crippen molar-refractivity contribution in [2.24, 2.45) is 5.92 Å². The Kier molecular flexibility index (Phi) is 8.08. The first kappa shape index (κ1) is 17.6. The van der Waals surface area contributed by atoms with Crippen LogP contribution >= 0.6 is 0 Å². The number of hydrogen-bond donors (Lipinski definition) is 4. The molecule has 0 saturated heterocycles. The maximum Gasteiger partial charge on any atom is 0.314 e. The minimum Gasteiger partial charge on any atom is -0.481 e. The van der Waals surface area contributed by atoms with E-state index in [1.54, 1.807) is 0 Å². The Bertz CT molecular complexity index is 396. The van der Waals surface area contributed by atoms with Crippen molar-refractivity contribution in [3.05, 3.63) is 0 Å². The molecule has 0 rings (SSSR count). The van der Waals surface area contributed by atoms with Gasteiger partial charge in [0, 0.05) is 19.5 Å². The Hall–Kier alpha value is -1.35. The summed E-state index contributed by atoms with van der Waals surface area (Å²) in [7, 11) is -2.02. The van der Waals surface area contributed by atoms with Crippen LogP contribution in [0.25, 0.3) is 0 Å². The van der Waals surface area contributed by atoms with E-state index in [1.165, 1.54) is 7.05 Å². The van der Waals surface area contributed by atoms with Gasteiger partial charge in [-0.25, -0.2) is 17.9 Å². The van der Waals surface area contributed by atoms with Crippen molar-refractivity contribution in [1.82, 2.24) is 15.4 Å². The average Bonchev–Trinajstić information content (AvgIpc) is 2.33. The lowest BCUT2D eigenvalue weighted by Gasteiger charge is -2.12. The molecule has 19 heavy (non-hydrogen) atoms. The fourth-order valence-electron chi connectivity index (χ4n) is 1.20. The zero-order chi connectivity index (χ0) is 14.9. The summed E-state index contributed by atoms with van der Waals surface area (Å²) in [4.78, 5) is 21.6. The molecule has 0 radical (unpaired) electrons. The number of hydrogen-bond acceptors (Lipinski definition) is 4. The van der Waals surface area contributed by atoms with Gasteiger partial charge in [-0.15, -0.1) is 0 Å². The summed E-state index contributed by atoms with van der Waals surface area (Å²) in [6.07, 6.45) is 0.536. The Morgan fingerprint density at radius 3 is 2.42 bits per heavy atom. The van der Waals surface area contributed by atoms with E-state index >= 15 is 0 Å². The van der Waals surface area contributed by atoms with Gasteiger partial charge < -0.3 is 15.7 Å². The molecule has 0 aromatic rings. The van der Waals surface area contributed by atoms with E-state index < -0.39 is 22.0 Å². The van der Waals surface area contributed by atoms with Gasteiger partial charge in [-0.05, 0) is 19.4 Å². The van der Waals surface area contributed by atoms with Crippen LogP contribution in [0.2, 0.25) is 0 Å². The molecule has 0 spiro atoms. The van der Waals surface area contributed by atoms with Crippen molar-refractivity contribution < 1.29 is 23.1 Å². The minimum atomic E-state index is -3.32. The molecule has 1 atom stereocenters. The summed E-state index contributed by atoms with van der Waals surface area (Å²) in [5.41, 5.74) is 0. The first-order valence-corrected chi connectivity index (χ1v) is 7.56. The number of aliphatic carboxylic acids is 1. The number of carbonyl (C=O) groups excluding carboxylic acids is 1. The minimum absolute atomic E-state index is 0.0124. The van der Waals surface area contributed by atoms with Gasteiger partial charge in [0.15, 0.2) is 0 Å². The van der Waals surface area contributed by atoms with E-state index in [2.05, 4.69) is 15.4 Å². The zero-order valence-corrected chi connectivity index (χ0v) is 11.9. The Balaban J connectivity index is 3.73. The van der Waals surface area contributed by atoms with Gasteiger partial charge in [-0.1, -0.05) is 6.92 Å². The van der Waals surface area contributed by atoms with Gasteiger partial charge in [0.05, 0.1) is 5.75 Å². The van der Waals surface area contributed by atoms with E-state index in [1.807, 2.05) is 6.92 Å². The summed E-state index contributed by atoms with van der Waals surface area (Å²) < 4.78 is 24.3. The highest BCUT2D eigenvalue weighted by atomic mass is 32.2. The van der Waals surface area contributed by atoms with Crippen LogP contribution in [0.4, 0.5) is 4.79 Å². The second-order valence-corrected chi connectivity index (χ2v) is 6.24. The number of nitrogens with one attached hydrogen (secondary N) is 3. The third-order valence-corrected chi connectivity index (χ3v) is 3.79. The van der Waals surface area contributed by atoms with Crippen molar-refractivity contribution in [3.63, 3.8) is 0 Å². The molecule has 0 fully saturated rings. The molecule has 0 bridgehead atoms. The van der Waals surface area contributed by atoms with E-state index in [0.29, 0.717) is 13.0 Å². The van der Waals surface area contributed by atoms with E-state index in [4.69, 9.17) is 5.11 Å². The summed E-state index contributed by atoms with van der Waals surface area (Å²) in [5, 5.41) is 13.5. The molecular weight excluding hydrogens is 274 g/mol. The summed E-state index contributed by atoms with van der Waals surface area (Å²) in [6, 6.07) is -0.464. The van der Waals surface area contributed by atoms with Gasteiger partial charge in [0.2, 0.25) is 10.0 Å². The molecule has 0 aromatic heterocycles. The highest BCUT2D eigenvalue weighted by Gasteiger charge is 2.09. The summed E-state index contributed by atoms with van der Waals surface area (Å²) >= 11 is 0. The number of carboxylic acid groups (broad SMARTS) is 1. The van der Waals surface area contributed by atoms with Crippen LogP contribution in [0, 0.1) is 5.92 Å². The van der Waals surface area contributed by atoms with Gasteiger partial charge in [-0.3, -0.25) is 4.79 Å². The lowest BCUT2D eigenvalue weighted by atomic mass is 10.1. The second kappa shape index (κ2) is 8.70. The maximum atomic E-state index is 11.3. The molecule has 0 aliphatic rings. The zero-order valence-electron chi connectivity index (χ0n) is 11.1. The fourth-order valence-corrected chi connectivity index (χ4v) is 1.78. The quantitative estimate of drug-likeness (QED) is 0.449. The lowest BCUT2D eigenvalue weighted by molar-refractivity contribution is -0.137. The third-order valence-electron chi connectivity index (χ3n) is 2.43. The predicted octanol–water partition coefficient (Wildman–Crippen LogP) is -0.664. The Morgan fingerprint density at radius 2 is 1.89 bits per heavy atom. The van der Waals surface area contributed by atoms with Crippen molar-refractivity contribution in [2.45, 2.75) is 19.8 Å². The number of amides is 2. The highest BCUT2D eigenvalue weighted by Crippen LogP contribution is 2.03. The third kappa shape index (κ3) is 10.3.